The lowest BCUT2D eigenvalue weighted by Crippen LogP contribution is -2.27. The standard InChI is InChI=1S/C21H16N4O2S2/c26-29(27,15-6-2-1-3-7-15)25-19(14-18(24-25)20-10-5-13-28-20)16-8-4-9-17-21(16)23-12-11-22-17/h1-13,19H,14H2. The van der Waals surface area contributed by atoms with E-state index < -0.39 is 16.1 Å². The predicted molar refractivity (Wildman–Crippen MR) is 113 cm³/mol. The second-order valence-electron chi connectivity index (χ2n) is 6.61. The number of para-hydroxylation sites is 1. The van der Waals surface area contributed by atoms with Gasteiger partial charge in [-0.05, 0) is 29.6 Å². The molecule has 4 aromatic rings. The van der Waals surface area contributed by atoms with Crippen molar-refractivity contribution in [1.29, 1.82) is 0 Å². The Morgan fingerprint density at radius 1 is 0.931 bits per heavy atom. The first-order chi connectivity index (χ1) is 14.1. The molecule has 1 aliphatic heterocycles. The van der Waals surface area contributed by atoms with Crippen molar-refractivity contribution in [3.63, 3.8) is 0 Å². The molecule has 0 amide bonds. The van der Waals surface area contributed by atoms with E-state index in [4.69, 9.17) is 0 Å². The summed E-state index contributed by atoms with van der Waals surface area (Å²) in [4.78, 5) is 10.0. The molecule has 1 atom stereocenters. The predicted octanol–water partition coefficient (Wildman–Crippen LogP) is 4.23. The third-order valence-electron chi connectivity index (χ3n) is 4.85. The zero-order chi connectivity index (χ0) is 19.8. The summed E-state index contributed by atoms with van der Waals surface area (Å²) in [7, 11) is -3.83. The van der Waals surface area contributed by atoms with E-state index in [1.807, 2.05) is 35.7 Å². The molecule has 0 fully saturated rings. The van der Waals surface area contributed by atoms with Crippen molar-refractivity contribution in [3.05, 3.63) is 88.9 Å². The van der Waals surface area contributed by atoms with Crippen LogP contribution in [0.25, 0.3) is 11.0 Å². The first kappa shape index (κ1) is 18.0. The third kappa shape index (κ3) is 3.10. The number of aromatic nitrogens is 2. The highest BCUT2D eigenvalue weighted by molar-refractivity contribution is 7.89. The largest absolute Gasteiger partial charge is 0.279 e. The molecule has 144 valence electrons. The molecule has 0 aliphatic carbocycles. The fourth-order valence-electron chi connectivity index (χ4n) is 3.52. The second-order valence-corrected chi connectivity index (χ2v) is 9.35. The zero-order valence-corrected chi connectivity index (χ0v) is 16.8. The smallest absolute Gasteiger partial charge is 0.253 e. The summed E-state index contributed by atoms with van der Waals surface area (Å²) in [6, 6.07) is 17.5. The van der Waals surface area contributed by atoms with Crippen molar-refractivity contribution in [2.24, 2.45) is 5.10 Å². The minimum Gasteiger partial charge on any atom is -0.253 e. The van der Waals surface area contributed by atoms with Gasteiger partial charge in [0.25, 0.3) is 10.0 Å². The fraction of sp³-hybridized carbons (Fsp3) is 0.0952. The highest BCUT2D eigenvalue weighted by Crippen LogP contribution is 2.39. The molecular formula is C21H16N4O2S2. The maximum atomic E-state index is 13.5. The van der Waals surface area contributed by atoms with Crippen molar-refractivity contribution in [3.8, 4) is 0 Å². The number of hydrazone groups is 1. The average molecular weight is 421 g/mol. The molecule has 0 saturated heterocycles. The van der Waals surface area contributed by atoms with Crippen LogP contribution in [0.2, 0.25) is 0 Å². The van der Waals surface area contributed by atoms with Gasteiger partial charge in [-0.25, -0.2) is 0 Å². The Balaban J connectivity index is 1.68. The average Bonchev–Trinajstić information content (AvgIpc) is 3.44. The van der Waals surface area contributed by atoms with E-state index in [-0.39, 0.29) is 4.90 Å². The molecule has 1 unspecified atom stereocenters. The molecule has 0 N–H and O–H groups in total. The van der Waals surface area contributed by atoms with Gasteiger partial charge in [-0.1, -0.05) is 36.4 Å². The van der Waals surface area contributed by atoms with Crippen LogP contribution >= 0.6 is 11.3 Å². The maximum Gasteiger partial charge on any atom is 0.279 e. The van der Waals surface area contributed by atoms with Crippen molar-refractivity contribution in [1.82, 2.24) is 14.4 Å². The van der Waals surface area contributed by atoms with Crippen LogP contribution in [0.1, 0.15) is 22.9 Å². The number of benzene rings is 2. The van der Waals surface area contributed by atoms with Gasteiger partial charge in [-0.15, -0.1) is 11.3 Å². The Bertz CT molecular complexity index is 1300. The summed E-state index contributed by atoms with van der Waals surface area (Å²) in [6.07, 6.45) is 3.73. The Hall–Kier alpha value is -3.10. The van der Waals surface area contributed by atoms with Gasteiger partial charge in [0.15, 0.2) is 0 Å². The number of sulfonamides is 1. The summed E-state index contributed by atoms with van der Waals surface area (Å²) < 4.78 is 28.1. The van der Waals surface area contributed by atoms with E-state index >= 15 is 0 Å². The molecule has 29 heavy (non-hydrogen) atoms. The van der Waals surface area contributed by atoms with Crippen LogP contribution in [0, 0.1) is 0 Å². The number of fused-ring (bicyclic) bond motifs is 1. The Morgan fingerprint density at radius 3 is 2.55 bits per heavy atom. The molecule has 2 aromatic carbocycles. The summed E-state index contributed by atoms with van der Waals surface area (Å²) in [5.41, 5.74) is 2.97. The van der Waals surface area contributed by atoms with Crippen LogP contribution in [0.3, 0.4) is 0 Å². The van der Waals surface area contributed by atoms with Gasteiger partial charge in [0.05, 0.1) is 32.6 Å². The molecule has 2 aromatic heterocycles. The van der Waals surface area contributed by atoms with Crippen LogP contribution in [0.5, 0.6) is 0 Å². The van der Waals surface area contributed by atoms with Gasteiger partial charge in [0.1, 0.15) is 0 Å². The lowest BCUT2D eigenvalue weighted by Gasteiger charge is -2.24. The topological polar surface area (TPSA) is 75.5 Å². The van der Waals surface area contributed by atoms with Gasteiger partial charge < -0.3 is 0 Å². The van der Waals surface area contributed by atoms with Gasteiger partial charge in [0, 0.05) is 24.4 Å². The molecule has 5 rings (SSSR count). The quantitative estimate of drug-likeness (QED) is 0.495. The molecular weight excluding hydrogens is 404 g/mol. The molecule has 1 aliphatic rings. The summed E-state index contributed by atoms with van der Waals surface area (Å²) >= 11 is 1.55. The van der Waals surface area contributed by atoms with Crippen molar-refractivity contribution in [2.45, 2.75) is 17.4 Å². The lowest BCUT2D eigenvalue weighted by atomic mass is 10.0. The van der Waals surface area contributed by atoms with Crippen LogP contribution in [-0.4, -0.2) is 28.5 Å². The number of thiophene rings is 1. The minimum absolute atomic E-state index is 0.215. The van der Waals surface area contributed by atoms with Crippen LogP contribution < -0.4 is 0 Å². The first-order valence-electron chi connectivity index (χ1n) is 9.05. The molecule has 3 heterocycles. The van der Waals surface area contributed by atoms with Gasteiger partial charge in [-0.3, -0.25) is 9.97 Å². The Kier molecular flexibility index (Phi) is 4.37. The minimum atomic E-state index is -3.83. The van der Waals surface area contributed by atoms with Crippen LogP contribution in [0.15, 0.2) is 88.4 Å². The number of nitrogens with zero attached hydrogens (tertiary/aromatic N) is 4. The highest BCUT2D eigenvalue weighted by Gasteiger charge is 2.38. The molecule has 0 bridgehead atoms. The molecule has 6 nitrogen and oxygen atoms in total. The van der Waals surface area contributed by atoms with Crippen molar-refractivity contribution in [2.75, 3.05) is 0 Å². The van der Waals surface area contributed by atoms with E-state index in [9.17, 15) is 8.42 Å². The number of hydrogen-bond donors (Lipinski definition) is 0. The third-order valence-corrected chi connectivity index (χ3v) is 7.47. The van der Waals surface area contributed by atoms with E-state index in [1.165, 1.54) is 4.41 Å². The van der Waals surface area contributed by atoms with E-state index in [0.717, 1.165) is 21.7 Å². The molecule has 0 radical (unpaired) electrons. The summed E-state index contributed by atoms with van der Waals surface area (Å²) in [6.45, 7) is 0. The van der Waals surface area contributed by atoms with Crippen LogP contribution in [0.4, 0.5) is 0 Å². The molecule has 8 heteroatoms. The summed E-state index contributed by atoms with van der Waals surface area (Å²) in [5, 5.41) is 6.53. The second kappa shape index (κ2) is 7.06. The van der Waals surface area contributed by atoms with Crippen molar-refractivity contribution < 1.29 is 8.42 Å². The van der Waals surface area contributed by atoms with Gasteiger partial charge in [0.2, 0.25) is 0 Å². The number of rotatable bonds is 4. The fourth-order valence-corrected chi connectivity index (χ4v) is 5.69. The van der Waals surface area contributed by atoms with Crippen molar-refractivity contribution >= 4 is 38.1 Å². The normalized spacial score (nSPS) is 16.9. The van der Waals surface area contributed by atoms with E-state index in [2.05, 4.69) is 15.1 Å². The Morgan fingerprint density at radius 2 is 1.76 bits per heavy atom. The lowest BCUT2D eigenvalue weighted by molar-refractivity contribution is 0.373. The molecule has 0 spiro atoms. The Labute approximate surface area is 172 Å². The molecule has 0 saturated carbocycles. The van der Waals surface area contributed by atoms with Crippen LogP contribution in [-0.2, 0) is 10.0 Å². The van der Waals surface area contributed by atoms with Gasteiger partial charge >= 0.3 is 0 Å². The summed E-state index contributed by atoms with van der Waals surface area (Å²) in [5.74, 6) is 0. The number of hydrogen-bond acceptors (Lipinski definition) is 6. The monoisotopic (exact) mass is 420 g/mol. The van der Waals surface area contributed by atoms with E-state index in [0.29, 0.717) is 11.9 Å². The highest BCUT2D eigenvalue weighted by atomic mass is 32.2. The zero-order valence-electron chi connectivity index (χ0n) is 15.2. The van der Waals surface area contributed by atoms with Gasteiger partial charge in [-0.2, -0.15) is 17.9 Å². The first-order valence-corrected chi connectivity index (χ1v) is 11.4. The van der Waals surface area contributed by atoms with E-state index in [1.54, 1.807) is 54.1 Å². The SMILES string of the molecule is O=S(=O)(c1ccccc1)N1N=C(c2cccs2)CC1c1cccc2nccnc12. The maximum absolute atomic E-state index is 13.5.